The van der Waals surface area contributed by atoms with Crippen molar-refractivity contribution >= 4 is 11.9 Å². The molecule has 3 aromatic rings. The van der Waals surface area contributed by atoms with Crippen molar-refractivity contribution in [2.24, 2.45) is 0 Å². The molecule has 0 aliphatic carbocycles. The van der Waals surface area contributed by atoms with Gasteiger partial charge in [0.25, 0.3) is 0 Å². The Bertz CT molecular complexity index is 827. The van der Waals surface area contributed by atoms with Crippen LogP contribution in [0.15, 0.2) is 91.0 Å². The molecule has 0 spiro atoms. The van der Waals surface area contributed by atoms with Crippen LogP contribution in [-0.2, 0) is 10.3 Å². The molecule has 1 N–H and O–H groups in total. The summed E-state index contributed by atoms with van der Waals surface area (Å²) in [5.41, 5.74) is 1.91. The van der Waals surface area contributed by atoms with E-state index in [-0.39, 0.29) is 18.5 Å². The summed E-state index contributed by atoms with van der Waals surface area (Å²) in [5.74, 6) is -0.290. The third-order valence-corrected chi connectivity index (χ3v) is 4.77. The van der Waals surface area contributed by atoms with Gasteiger partial charge >= 0.3 is 6.03 Å². The molecular formula is C22H18N2O2. The molecule has 4 rings (SSSR count). The van der Waals surface area contributed by atoms with Crippen molar-refractivity contribution in [1.29, 1.82) is 0 Å². The van der Waals surface area contributed by atoms with Crippen LogP contribution in [0.3, 0.4) is 0 Å². The molecule has 0 saturated carbocycles. The molecule has 128 valence electrons. The minimum Gasteiger partial charge on any atom is -0.297 e. The van der Waals surface area contributed by atoms with Crippen LogP contribution in [0.5, 0.6) is 0 Å². The van der Waals surface area contributed by atoms with Crippen molar-refractivity contribution in [2.75, 3.05) is 6.54 Å². The number of nitrogens with zero attached hydrogens (tertiary/aromatic N) is 1. The van der Waals surface area contributed by atoms with Crippen LogP contribution < -0.4 is 5.32 Å². The van der Waals surface area contributed by atoms with E-state index in [1.54, 1.807) is 4.90 Å². The zero-order chi connectivity index (χ0) is 18.0. The van der Waals surface area contributed by atoms with Gasteiger partial charge in [-0.1, -0.05) is 91.0 Å². The van der Waals surface area contributed by atoms with Gasteiger partial charge in [-0.25, -0.2) is 4.79 Å². The van der Waals surface area contributed by atoms with Crippen molar-refractivity contribution in [3.63, 3.8) is 0 Å². The van der Waals surface area contributed by atoms with Crippen LogP contribution in [0, 0.1) is 0 Å². The number of hydrogen-bond donors (Lipinski definition) is 1. The predicted molar refractivity (Wildman–Crippen MR) is 99.5 cm³/mol. The van der Waals surface area contributed by atoms with Crippen LogP contribution in [0.4, 0.5) is 4.79 Å². The summed E-state index contributed by atoms with van der Waals surface area (Å²) in [5, 5.41) is 2.43. The first-order valence-corrected chi connectivity index (χ1v) is 8.51. The lowest BCUT2D eigenvalue weighted by molar-refractivity contribution is -0.118. The average molecular weight is 342 g/mol. The van der Waals surface area contributed by atoms with Gasteiger partial charge in [-0.05, 0) is 16.7 Å². The van der Waals surface area contributed by atoms with Crippen LogP contribution in [-0.4, -0.2) is 23.4 Å². The van der Waals surface area contributed by atoms with Gasteiger partial charge in [-0.3, -0.25) is 15.0 Å². The maximum absolute atomic E-state index is 12.7. The summed E-state index contributed by atoms with van der Waals surface area (Å²) >= 11 is 0. The number of imide groups is 1. The highest BCUT2D eigenvalue weighted by Crippen LogP contribution is 2.43. The molecule has 3 amide bonds. The Morgan fingerprint density at radius 1 is 0.654 bits per heavy atom. The Balaban J connectivity index is 2.07. The molecule has 26 heavy (non-hydrogen) atoms. The van der Waals surface area contributed by atoms with Crippen LogP contribution in [0.2, 0.25) is 0 Å². The highest BCUT2D eigenvalue weighted by Gasteiger charge is 2.48. The molecule has 1 saturated heterocycles. The standard InChI is InChI=1S/C22H18N2O2/c25-20-16-24(21(26)23-20)22(17-10-4-1-5-11-17,18-12-6-2-7-13-18)19-14-8-3-9-15-19/h1-15H,16H2,(H,23,25,26). The second kappa shape index (κ2) is 6.48. The molecule has 1 fully saturated rings. The molecule has 1 aliphatic heterocycles. The number of benzene rings is 3. The molecular weight excluding hydrogens is 324 g/mol. The SMILES string of the molecule is O=C1CN(C(c2ccccc2)(c2ccccc2)c2ccccc2)C(=O)N1. The summed E-state index contributed by atoms with van der Waals surface area (Å²) in [7, 11) is 0. The van der Waals surface area contributed by atoms with Crippen molar-refractivity contribution in [1.82, 2.24) is 10.2 Å². The molecule has 4 nitrogen and oxygen atoms in total. The number of carbonyl (C=O) groups excluding carboxylic acids is 2. The van der Waals surface area contributed by atoms with E-state index in [9.17, 15) is 9.59 Å². The lowest BCUT2D eigenvalue weighted by Gasteiger charge is -2.42. The zero-order valence-electron chi connectivity index (χ0n) is 14.1. The number of urea groups is 1. The largest absolute Gasteiger partial charge is 0.325 e. The molecule has 1 heterocycles. The summed E-state index contributed by atoms with van der Waals surface area (Å²) in [6.07, 6.45) is 0. The second-order valence-electron chi connectivity index (χ2n) is 6.25. The molecule has 0 bridgehead atoms. The summed E-state index contributed by atoms with van der Waals surface area (Å²) in [6.45, 7) is 0.0114. The first-order chi connectivity index (χ1) is 12.7. The van der Waals surface area contributed by atoms with Gasteiger partial charge in [-0.15, -0.1) is 0 Å². The minimum atomic E-state index is -0.889. The second-order valence-corrected chi connectivity index (χ2v) is 6.25. The molecule has 3 aromatic carbocycles. The van der Waals surface area contributed by atoms with Gasteiger partial charge < -0.3 is 0 Å². The third kappa shape index (κ3) is 2.47. The molecule has 0 atom stereocenters. The van der Waals surface area contributed by atoms with Crippen LogP contribution >= 0.6 is 0 Å². The predicted octanol–water partition coefficient (Wildman–Crippen LogP) is 3.53. The molecule has 0 radical (unpaired) electrons. The van der Waals surface area contributed by atoms with E-state index >= 15 is 0 Å². The summed E-state index contributed by atoms with van der Waals surface area (Å²) in [4.78, 5) is 26.4. The first kappa shape index (κ1) is 16.1. The van der Waals surface area contributed by atoms with Crippen LogP contribution in [0.1, 0.15) is 16.7 Å². The Morgan fingerprint density at radius 2 is 1.04 bits per heavy atom. The highest BCUT2D eigenvalue weighted by molar-refractivity contribution is 6.03. The fourth-order valence-corrected chi connectivity index (χ4v) is 3.72. The third-order valence-electron chi connectivity index (χ3n) is 4.77. The van der Waals surface area contributed by atoms with Crippen LogP contribution in [0.25, 0.3) is 0 Å². The highest BCUT2D eigenvalue weighted by atomic mass is 16.2. The lowest BCUT2D eigenvalue weighted by Crippen LogP contribution is -2.49. The quantitative estimate of drug-likeness (QED) is 0.582. The monoisotopic (exact) mass is 342 g/mol. The van der Waals surface area contributed by atoms with E-state index < -0.39 is 5.54 Å². The molecule has 4 heteroatoms. The molecule has 0 aromatic heterocycles. The average Bonchev–Trinajstić information content (AvgIpc) is 3.03. The van der Waals surface area contributed by atoms with Gasteiger partial charge in [0.15, 0.2) is 0 Å². The van der Waals surface area contributed by atoms with Gasteiger partial charge in [0.1, 0.15) is 12.1 Å². The number of carbonyl (C=O) groups is 2. The first-order valence-electron chi connectivity index (χ1n) is 8.51. The molecule has 1 aliphatic rings. The number of nitrogens with one attached hydrogen (secondary N) is 1. The van der Waals surface area contributed by atoms with Crippen molar-refractivity contribution < 1.29 is 9.59 Å². The fraction of sp³-hybridized carbons (Fsp3) is 0.0909. The summed E-state index contributed by atoms with van der Waals surface area (Å²) < 4.78 is 0. The van der Waals surface area contributed by atoms with E-state index in [0.717, 1.165) is 16.7 Å². The van der Waals surface area contributed by atoms with E-state index in [4.69, 9.17) is 0 Å². The zero-order valence-corrected chi connectivity index (χ0v) is 14.1. The smallest absolute Gasteiger partial charge is 0.297 e. The maximum Gasteiger partial charge on any atom is 0.325 e. The maximum atomic E-state index is 12.7. The number of rotatable bonds is 4. The fourth-order valence-electron chi connectivity index (χ4n) is 3.72. The number of amides is 3. The molecule has 0 unspecified atom stereocenters. The van der Waals surface area contributed by atoms with Gasteiger partial charge in [-0.2, -0.15) is 0 Å². The van der Waals surface area contributed by atoms with Crippen molar-refractivity contribution in [3.05, 3.63) is 108 Å². The van der Waals surface area contributed by atoms with Crippen molar-refractivity contribution in [2.45, 2.75) is 5.54 Å². The van der Waals surface area contributed by atoms with Gasteiger partial charge in [0, 0.05) is 0 Å². The van der Waals surface area contributed by atoms with Gasteiger partial charge in [0.2, 0.25) is 5.91 Å². The lowest BCUT2D eigenvalue weighted by atomic mass is 9.75. The van der Waals surface area contributed by atoms with E-state index in [0.29, 0.717) is 0 Å². The van der Waals surface area contributed by atoms with E-state index in [1.807, 2.05) is 91.0 Å². The Kier molecular flexibility index (Phi) is 4.01. The summed E-state index contributed by atoms with van der Waals surface area (Å²) in [6, 6.07) is 29.1. The Labute approximate surface area is 152 Å². The minimum absolute atomic E-state index is 0.0114. The van der Waals surface area contributed by atoms with E-state index in [1.165, 1.54) is 0 Å². The Morgan fingerprint density at radius 3 is 1.35 bits per heavy atom. The van der Waals surface area contributed by atoms with Gasteiger partial charge in [0.05, 0.1) is 0 Å². The number of hydrogen-bond acceptors (Lipinski definition) is 2. The normalized spacial score (nSPS) is 14.4. The topological polar surface area (TPSA) is 49.4 Å². The van der Waals surface area contributed by atoms with Crippen molar-refractivity contribution in [3.8, 4) is 0 Å². The van der Waals surface area contributed by atoms with E-state index in [2.05, 4.69) is 5.32 Å². The Hall–Kier alpha value is -3.40.